The Balaban J connectivity index is 1.50. The molecule has 0 saturated carbocycles. The fourth-order valence-corrected chi connectivity index (χ4v) is 3.90. The summed E-state index contributed by atoms with van der Waals surface area (Å²) in [6.07, 6.45) is 6.47. The van der Waals surface area contributed by atoms with Crippen LogP contribution in [0.5, 0.6) is 5.75 Å². The van der Waals surface area contributed by atoms with Gasteiger partial charge in [-0.15, -0.1) is 0 Å². The summed E-state index contributed by atoms with van der Waals surface area (Å²) in [5, 5.41) is 0. The standard InChI is InChI=1S/C26H29N3O2/c1-2-3-4-5-19-6-8-20(9-7-19)26(30)29-14-15-31-24-12-10-21(16-23(24)18-29)22-11-13-25(27)28-17-22/h6-13,16-17H,2-5,14-15,18H2,1H3,(H2,27,28). The van der Waals surface area contributed by atoms with Gasteiger partial charge in [0.05, 0.1) is 6.54 Å². The first-order valence-corrected chi connectivity index (χ1v) is 11.0. The van der Waals surface area contributed by atoms with Crippen LogP contribution in [0.2, 0.25) is 0 Å². The lowest BCUT2D eigenvalue weighted by molar-refractivity contribution is 0.0733. The van der Waals surface area contributed by atoms with Crippen molar-refractivity contribution in [3.8, 4) is 16.9 Å². The number of ether oxygens (including phenoxy) is 1. The lowest BCUT2D eigenvalue weighted by Crippen LogP contribution is -2.32. The fraction of sp³-hybridized carbons (Fsp3) is 0.308. The van der Waals surface area contributed by atoms with Crippen LogP contribution >= 0.6 is 0 Å². The first-order chi connectivity index (χ1) is 15.1. The lowest BCUT2D eigenvalue weighted by atomic mass is 10.0. The van der Waals surface area contributed by atoms with Crippen LogP contribution in [0.1, 0.15) is 47.7 Å². The Morgan fingerprint density at radius 1 is 1.06 bits per heavy atom. The highest BCUT2D eigenvalue weighted by atomic mass is 16.5. The Hall–Kier alpha value is -3.34. The summed E-state index contributed by atoms with van der Waals surface area (Å²) in [5.74, 6) is 1.36. The maximum absolute atomic E-state index is 13.2. The monoisotopic (exact) mass is 415 g/mol. The molecular weight excluding hydrogens is 386 g/mol. The molecule has 160 valence electrons. The van der Waals surface area contributed by atoms with Crippen molar-refractivity contribution in [1.29, 1.82) is 0 Å². The van der Waals surface area contributed by atoms with Gasteiger partial charge in [-0.1, -0.05) is 38.0 Å². The average molecular weight is 416 g/mol. The van der Waals surface area contributed by atoms with Crippen molar-refractivity contribution in [2.45, 2.75) is 39.2 Å². The molecule has 1 aliphatic heterocycles. The smallest absolute Gasteiger partial charge is 0.254 e. The zero-order valence-corrected chi connectivity index (χ0v) is 18.0. The van der Waals surface area contributed by atoms with Crippen molar-refractivity contribution in [2.24, 2.45) is 0 Å². The highest BCUT2D eigenvalue weighted by Crippen LogP contribution is 2.29. The van der Waals surface area contributed by atoms with Crippen LogP contribution in [0.25, 0.3) is 11.1 Å². The van der Waals surface area contributed by atoms with E-state index >= 15 is 0 Å². The van der Waals surface area contributed by atoms with E-state index in [-0.39, 0.29) is 5.91 Å². The van der Waals surface area contributed by atoms with Crippen LogP contribution in [0.15, 0.2) is 60.8 Å². The highest BCUT2D eigenvalue weighted by Gasteiger charge is 2.21. The molecule has 3 aromatic rings. The molecule has 2 aromatic carbocycles. The number of pyridine rings is 1. The van der Waals surface area contributed by atoms with E-state index in [4.69, 9.17) is 10.5 Å². The second-order valence-electron chi connectivity index (χ2n) is 8.02. The van der Waals surface area contributed by atoms with Gasteiger partial charge >= 0.3 is 0 Å². The number of carbonyl (C=O) groups excluding carboxylic acids is 1. The number of benzene rings is 2. The third-order valence-corrected chi connectivity index (χ3v) is 5.72. The molecule has 0 saturated heterocycles. The number of carbonyl (C=O) groups is 1. The van der Waals surface area contributed by atoms with E-state index in [1.807, 2.05) is 35.2 Å². The molecule has 1 aliphatic rings. The zero-order valence-electron chi connectivity index (χ0n) is 18.0. The maximum Gasteiger partial charge on any atom is 0.254 e. The van der Waals surface area contributed by atoms with Crippen LogP contribution < -0.4 is 10.5 Å². The van der Waals surface area contributed by atoms with E-state index in [2.05, 4.69) is 30.1 Å². The maximum atomic E-state index is 13.2. The zero-order chi connectivity index (χ0) is 21.6. The summed E-state index contributed by atoms with van der Waals surface area (Å²) < 4.78 is 5.92. The molecule has 0 radical (unpaired) electrons. The number of nitrogens with zero attached hydrogens (tertiary/aromatic N) is 2. The number of hydrogen-bond donors (Lipinski definition) is 1. The molecule has 0 fully saturated rings. The molecule has 31 heavy (non-hydrogen) atoms. The lowest BCUT2D eigenvalue weighted by Gasteiger charge is -2.20. The topological polar surface area (TPSA) is 68.5 Å². The summed E-state index contributed by atoms with van der Waals surface area (Å²) in [5.41, 5.74) is 10.7. The van der Waals surface area contributed by atoms with E-state index in [1.54, 1.807) is 12.3 Å². The van der Waals surface area contributed by atoms with Gasteiger partial charge in [0.25, 0.3) is 5.91 Å². The van der Waals surface area contributed by atoms with Crippen LogP contribution in [-0.2, 0) is 13.0 Å². The Kier molecular flexibility index (Phi) is 6.51. The average Bonchev–Trinajstić information content (AvgIpc) is 3.02. The van der Waals surface area contributed by atoms with E-state index in [0.29, 0.717) is 25.5 Å². The highest BCUT2D eigenvalue weighted by molar-refractivity contribution is 5.94. The third kappa shape index (κ3) is 5.05. The summed E-state index contributed by atoms with van der Waals surface area (Å²) in [6.45, 7) is 3.77. The normalized spacial score (nSPS) is 13.3. The number of fused-ring (bicyclic) bond motifs is 1. The number of amides is 1. The van der Waals surface area contributed by atoms with Crippen LogP contribution in [0.4, 0.5) is 5.82 Å². The van der Waals surface area contributed by atoms with Crippen molar-refractivity contribution in [3.05, 3.63) is 77.5 Å². The largest absolute Gasteiger partial charge is 0.491 e. The summed E-state index contributed by atoms with van der Waals surface area (Å²) in [6, 6.07) is 17.9. The molecule has 0 bridgehead atoms. The van der Waals surface area contributed by atoms with Gasteiger partial charge in [0.1, 0.15) is 18.2 Å². The van der Waals surface area contributed by atoms with Crippen molar-refractivity contribution >= 4 is 11.7 Å². The first kappa shape index (κ1) is 20.9. The molecule has 2 N–H and O–H groups in total. The first-order valence-electron chi connectivity index (χ1n) is 11.0. The Morgan fingerprint density at radius 3 is 2.61 bits per heavy atom. The number of nitrogens with two attached hydrogens (primary N) is 1. The van der Waals surface area contributed by atoms with Gasteiger partial charge in [0.2, 0.25) is 0 Å². The van der Waals surface area contributed by atoms with E-state index < -0.39 is 0 Å². The van der Waals surface area contributed by atoms with Gasteiger partial charge in [0.15, 0.2) is 0 Å². The molecule has 4 rings (SSSR count). The van der Waals surface area contributed by atoms with Crippen LogP contribution in [0, 0.1) is 0 Å². The third-order valence-electron chi connectivity index (χ3n) is 5.72. The molecule has 5 nitrogen and oxygen atoms in total. The molecule has 1 amide bonds. The summed E-state index contributed by atoms with van der Waals surface area (Å²) in [7, 11) is 0. The van der Waals surface area contributed by atoms with E-state index in [9.17, 15) is 4.79 Å². The van der Waals surface area contributed by atoms with Crippen molar-refractivity contribution in [2.75, 3.05) is 18.9 Å². The van der Waals surface area contributed by atoms with Crippen molar-refractivity contribution in [3.63, 3.8) is 0 Å². The van der Waals surface area contributed by atoms with Gasteiger partial charge < -0.3 is 15.4 Å². The number of unbranched alkanes of at least 4 members (excludes halogenated alkanes) is 2. The van der Waals surface area contributed by atoms with Gasteiger partial charge in [-0.3, -0.25) is 4.79 Å². The molecule has 0 aliphatic carbocycles. The molecule has 0 spiro atoms. The second kappa shape index (κ2) is 9.65. The summed E-state index contributed by atoms with van der Waals surface area (Å²) >= 11 is 0. The number of aromatic nitrogens is 1. The molecular formula is C26H29N3O2. The Labute approximate surface area is 183 Å². The van der Waals surface area contributed by atoms with E-state index in [1.165, 1.54) is 24.8 Å². The Morgan fingerprint density at radius 2 is 1.87 bits per heavy atom. The molecule has 0 unspecified atom stereocenters. The number of hydrogen-bond acceptors (Lipinski definition) is 4. The van der Waals surface area contributed by atoms with Crippen LogP contribution in [-0.4, -0.2) is 28.9 Å². The van der Waals surface area contributed by atoms with Crippen molar-refractivity contribution < 1.29 is 9.53 Å². The van der Waals surface area contributed by atoms with Gasteiger partial charge in [-0.2, -0.15) is 0 Å². The molecule has 1 aromatic heterocycles. The molecule has 5 heteroatoms. The Bertz CT molecular complexity index is 1030. The molecule has 2 heterocycles. The fourth-order valence-electron chi connectivity index (χ4n) is 3.90. The minimum Gasteiger partial charge on any atom is -0.491 e. The SMILES string of the molecule is CCCCCc1ccc(C(=O)N2CCOc3ccc(-c4ccc(N)nc4)cc3C2)cc1. The predicted octanol–water partition coefficient (Wildman–Crippen LogP) is 5.10. The van der Waals surface area contributed by atoms with Crippen molar-refractivity contribution in [1.82, 2.24) is 9.88 Å². The van der Waals surface area contributed by atoms with E-state index in [0.717, 1.165) is 34.4 Å². The van der Waals surface area contributed by atoms with Crippen LogP contribution in [0.3, 0.4) is 0 Å². The second-order valence-corrected chi connectivity index (χ2v) is 8.02. The number of nitrogen functional groups attached to an aromatic ring is 1. The minimum absolute atomic E-state index is 0.0381. The molecule has 0 atom stereocenters. The minimum atomic E-state index is 0.0381. The van der Waals surface area contributed by atoms with Gasteiger partial charge in [-0.25, -0.2) is 4.98 Å². The summed E-state index contributed by atoms with van der Waals surface area (Å²) in [4.78, 5) is 19.2. The number of anilines is 1. The van der Waals surface area contributed by atoms with Gasteiger partial charge in [0, 0.05) is 29.4 Å². The number of aryl methyl sites for hydroxylation is 1. The quantitative estimate of drug-likeness (QED) is 0.569. The van der Waals surface area contributed by atoms with Gasteiger partial charge in [-0.05, 0) is 60.4 Å². The predicted molar refractivity (Wildman–Crippen MR) is 124 cm³/mol. The number of rotatable bonds is 6.